The highest BCUT2D eigenvalue weighted by atomic mass is 32.2. The lowest BCUT2D eigenvalue weighted by molar-refractivity contribution is -0.133. The summed E-state index contributed by atoms with van der Waals surface area (Å²) in [5.74, 6) is -1.10. The van der Waals surface area contributed by atoms with Gasteiger partial charge in [0.05, 0.1) is 23.2 Å². The van der Waals surface area contributed by atoms with Crippen molar-refractivity contribution in [2.24, 2.45) is 5.92 Å². The molecule has 2 rings (SSSR count). The van der Waals surface area contributed by atoms with Gasteiger partial charge in [-0.05, 0) is 24.1 Å². The fourth-order valence-corrected chi connectivity index (χ4v) is 4.67. The van der Waals surface area contributed by atoms with E-state index >= 15 is 0 Å². The number of benzene rings is 1. The van der Waals surface area contributed by atoms with Crippen molar-refractivity contribution in [2.75, 3.05) is 22.6 Å². The summed E-state index contributed by atoms with van der Waals surface area (Å²) in [6.07, 6.45) is 0.363. The van der Waals surface area contributed by atoms with Gasteiger partial charge in [-0.1, -0.05) is 12.1 Å². The van der Waals surface area contributed by atoms with E-state index in [9.17, 15) is 18.0 Å². The molecule has 1 amide bonds. The van der Waals surface area contributed by atoms with Crippen LogP contribution in [0.1, 0.15) is 12.0 Å². The average molecular weight is 343 g/mol. The minimum atomic E-state index is -3.08. The highest BCUT2D eigenvalue weighted by molar-refractivity contribution is 7.99. The van der Waals surface area contributed by atoms with E-state index in [1.165, 1.54) is 11.8 Å². The number of amides is 1. The molecule has 22 heavy (non-hydrogen) atoms. The number of thioether (sulfide) groups is 1. The number of carboxylic acids is 1. The van der Waals surface area contributed by atoms with Gasteiger partial charge >= 0.3 is 5.97 Å². The van der Waals surface area contributed by atoms with E-state index in [1.54, 1.807) is 18.2 Å². The first-order chi connectivity index (χ1) is 10.4. The van der Waals surface area contributed by atoms with Gasteiger partial charge in [0.1, 0.15) is 0 Å². The fourth-order valence-electron chi connectivity index (χ4n) is 2.24. The van der Waals surface area contributed by atoms with E-state index in [4.69, 9.17) is 5.11 Å². The van der Waals surface area contributed by atoms with Crippen LogP contribution in [0.2, 0.25) is 0 Å². The molecule has 0 radical (unpaired) electrons. The molecule has 0 spiro atoms. The summed E-state index contributed by atoms with van der Waals surface area (Å²) in [4.78, 5) is 22.5. The molecule has 1 atom stereocenters. The molecule has 0 aromatic heterocycles. The highest BCUT2D eigenvalue weighted by Crippen LogP contribution is 2.21. The van der Waals surface area contributed by atoms with E-state index < -0.39 is 21.7 Å². The lowest BCUT2D eigenvalue weighted by Crippen LogP contribution is -2.23. The molecule has 1 fully saturated rings. The van der Waals surface area contributed by atoms with Crippen molar-refractivity contribution in [3.8, 4) is 0 Å². The predicted molar refractivity (Wildman–Crippen MR) is 85.6 cm³/mol. The first-order valence-electron chi connectivity index (χ1n) is 6.75. The van der Waals surface area contributed by atoms with Gasteiger partial charge in [0.2, 0.25) is 5.91 Å². The topological polar surface area (TPSA) is 101 Å². The second kappa shape index (κ2) is 7.15. The number of rotatable bonds is 6. The SMILES string of the molecule is O=C(O)CSCc1cccc(NC(=O)C2CCS(=O)(=O)C2)c1. The van der Waals surface area contributed by atoms with Gasteiger partial charge in [-0.15, -0.1) is 11.8 Å². The third-order valence-corrected chi connectivity index (χ3v) is 6.05. The van der Waals surface area contributed by atoms with Crippen LogP contribution in [0.15, 0.2) is 24.3 Å². The normalized spacial score (nSPS) is 19.7. The van der Waals surface area contributed by atoms with E-state index in [-0.39, 0.29) is 23.2 Å². The molecule has 1 aromatic carbocycles. The molecule has 1 aliphatic heterocycles. The Balaban J connectivity index is 1.92. The number of aliphatic carboxylic acids is 1. The molecule has 2 N–H and O–H groups in total. The van der Waals surface area contributed by atoms with E-state index in [0.717, 1.165) is 5.56 Å². The zero-order chi connectivity index (χ0) is 16.2. The van der Waals surface area contributed by atoms with Gasteiger partial charge in [0.25, 0.3) is 0 Å². The number of sulfone groups is 1. The quantitative estimate of drug-likeness (QED) is 0.809. The van der Waals surface area contributed by atoms with Gasteiger partial charge in [0, 0.05) is 11.4 Å². The maximum atomic E-state index is 12.1. The van der Waals surface area contributed by atoms with Crippen molar-refractivity contribution in [2.45, 2.75) is 12.2 Å². The summed E-state index contributed by atoms with van der Waals surface area (Å²) < 4.78 is 22.8. The number of anilines is 1. The molecule has 8 heteroatoms. The van der Waals surface area contributed by atoms with Crippen molar-refractivity contribution in [1.82, 2.24) is 0 Å². The summed E-state index contributed by atoms with van der Waals surface area (Å²) in [5, 5.41) is 11.3. The molecule has 1 saturated heterocycles. The number of carbonyl (C=O) groups is 2. The van der Waals surface area contributed by atoms with Crippen molar-refractivity contribution in [3.63, 3.8) is 0 Å². The molecule has 0 aliphatic carbocycles. The Morgan fingerprint density at radius 1 is 1.36 bits per heavy atom. The first-order valence-corrected chi connectivity index (χ1v) is 9.73. The molecule has 1 unspecified atom stereocenters. The number of hydrogen-bond acceptors (Lipinski definition) is 5. The summed E-state index contributed by atoms with van der Waals surface area (Å²) in [7, 11) is -3.08. The van der Waals surface area contributed by atoms with Crippen molar-refractivity contribution in [3.05, 3.63) is 29.8 Å². The number of hydrogen-bond donors (Lipinski definition) is 2. The largest absolute Gasteiger partial charge is 0.481 e. The fraction of sp³-hybridized carbons (Fsp3) is 0.429. The summed E-state index contributed by atoms with van der Waals surface area (Å²) in [6.45, 7) is 0. The molecular weight excluding hydrogens is 326 g/mol. The van der Waals surface area contributed by atoms with Crippen LogP contribution in [0, 0.1) is 5.92 Å². The van der Waals surface area contributed by atoms with Crippen molar-refractivity contribution < 1.29 is 23.1 Å². The third kappa shape index (κ3) is 5.03. The predicted octanol–water partition coefficient (Wildman–Crippen LogP) is 1.38. The highest BCUT2D eigenvalue weighted by Gasteiger charge is 2.32. The number of carbonyl (C=O) groups excluding carboxylic acids is 1. The lowest BCUT2D eigenvalue weighted by Gasteiger charge is -2.10. The Morgan fingerprint density at radius 3 is 2.77 bits per heavy atom. The van der Waals surface area contributed by atoms with Crippen LogP contribution in [0.4, 0.5) is 5.69 Å². The molecular formula is C14H17NO5S2. The number of nitrogens with one attached hydrogen (secondary N) is 1. The Bertz CT molecular complexity index is 672. The Hall–Kier alpha value is -1.54. The molecule has 6 nitrogen and oxygen atoms in total. The molecule has 1 heterocycles. The van der Waals surface area contributed by atoms with Gasteiger partial charge in [-0.25, -0.2) is 8.42 Å². The maximum absolute atomic E-state index is 12.1. The van der Waals surface area contributed by atoms with Crippen LogP contribution in [-0.4, -0.2) is 42.7 Å². The van der Waals surface area contributed by atoms with Gasteiger partial charge in [0.15, 0.2) is 9.84 Å². The minimum Gasteiger partial charge on any atom is -0.481 e. The van der Waals surface area contributed by atoms with Crippen LogP contribution >= 0.6 is 11.8 Å². The third-order valence-electron chi connectivity index (χ3n) is 3.29. The molecule has 1 aliphatic rings. The van der Waals surface area contributed by atoms with Crippen LogP contribution < -0.4 is 5.32 Å². The standard InChI is InChI=1S/C14H17NO5S2/c16-13(17)8-21-7-10-2-1-3-12(6-10)15-14(18)11-4-5-22(19,20)9-11/h1-3,6,11H,4-5,7-9H2,(H,15,18)(H,16,17). The van der Waals surface area contributed by atoms with Crippen LogP contribution in [0.25, 0.3) is 0 Å². The molecule has 0 saturated carbocycles. The summed E-state index contributed by atoms with van der Waals surface area (Å²) in [5.41, 5.74) is 1.51. The van der Waals surface area contributed by atoms with E-state index in [2.05, 4.69) is 5.32 Å². The van der Waals surface area contributed by atoms with Gasteiger partial charge in [-0.3, -0.25) is 9.59 Å². The van der Waals surface area contributed by atoms with E-state index in [0.29, 0.717) is 17.9 Å². The second-order valence-electron chi connectivity index (χ2n) is 5.18. The van der Waals surface area contributed by atoms with Gasteiger partial charge < -0.3 is 10.4 Å². The Kier molecular flexibility index (Phi) is 5.47. The lowest BCUT2D eigenvalue weighted by atomic mass is 10.1. The molecule has 0 bridgehead atoms. The minimum absolute atomic E-state index is 0.0243. The van der Waals surface area contributed by atoms with Crippen LogP contribution in [0.3, 0.4) is 0 Å². The molecule has 120 valence electrons. The second-order valence-corrected chi connectivity index (χ2v) is 8.39. The monoisotopic (exact) mass is 343 g/mol. The zero-order valence-corrected chi connectivity index (χ0v) is 13.5. The van der Waals surface area contributed by atoms with Crippen LogP contribution in [-0.2, 0) is 25.2 Å². The zero-order valence-electron chi connectivity index (χ0n) is 11.8. The van der Waals surface area contributed by atoms with E-state index in [1.807, 2.05) is 6.07 Å². The van der Waals surface area contributed by atoms with Crippen LogP contribution in [0.5, 0.6) is 0 Å². The maximum Gasteiger partial charge on any atom is 0.313 e. The van der Waals surface area contributed by atoms with Crippen molar-refractivity contribution >= 4 is 39.2 Å². The molecule has 1 aromatic rings. The van der Waals surface area contributed by atoms with Gasteiger partial charge in [-0.2, -0.15) is 0 Å². The first kappa shape index (κ1) is 16.8. The number of carboxylic acid groups (broad SMARTS) is 1. The Morgan fingerprint density at radius 2 is 2.14 bits per heavy atom. The smallest absolute Gasteiger partial charge is 0.313 e. The summed E-state index contributed by atoms with van der Waals surface area (Å²) >= 11 is 1.28. The van der Waals surface area contributed by atoms with Crippen molar-refractivity contribution in [1.29, 1.82) is 0 Å². The summed E-state index contributed by atoms with van der Waals surface area (Å²) in [6, 6.07) is 7.13. The Labute approximate surface area is 133 Å². The average Bonchev–Trinajstić information content (AvgIpc) is 2.79.